The molecule has 120 valence electrons. The van der Waals surface area contributed by atoms with Gasteiger partial charge in [0.25, 0.3) is 0 Å². The molecule has 0 unspecified atom stereocenters. The van der Waals surface area contributed by atoms with Gasteiger partial charge in [0.2, 0.25) is 10.0 Å². The third-order valence-corrected chi connectivity index (χ3v) is 5.09. The highest BCUT2D eigenvalue weighted by atomic mass is 32.2. The minimum atomic E-state index is -3.32. The van der Waals surface area contributed by atoms with Crippen molar-refractivity contribution in [3.05, 3.63) is 18.5 Å². The number of sulfonamides is 1. The number of hydrogen-bond acceptors (Lipinski definition) is 4. The molecule has 1 aromatic heterocycles. The van der Waals surface area contributed by atoms with Crippen molar-refractivity contribution in [2.75, 3.05) is 12.4 Å². The minimum Gasteiger partial charge on any atom is -0.378 e. The number of ether oxygens (including phenoxy) is 1. The lowest BCUT2D eigenvalue weighted by atomic mass is 9.91. The second kappa shape index (κ2) is 7.38. The summed E-state index contributed by atoms with van der Waals surface area (Å²) < 4.78 is 34.4. The van der Waals surface area contributed by atoms with E-state index in [1.165, 1.54) is 0 Å². The largest absolute Gasteiger partial charge is 0.378 e. The molecule has 0 amide bonds. The van der Waals surface area contributed by atoms with Gasteiger partial charge in [-0.05, 0) is 32.8 Å². The number of hydrogen-bond donors (Lipinski definition) is 1. The molecule has 1 heterocycles. The van der Waals surface area contributed by atoms with Crippen LogP contribution in [0.5, 0.6) is 0 Å². The van der Waals surface area contributed by atoms with E-state index in [9.17, 15) is 8.42 Å². The molecule has 2 rings (SSSR count). The molecule has 1 N–H and O–H groups in total. The van der Waals surface area contributed by atoms with Crippen molar-refractivity contribution in [3.8, 4) is 0 Å². The predicted molar refractivity (Wildman–Crippen MR) is 81.5 cm³/mol. The molecule has 2 atom stereocenters. The van der Waals surface area contributed by atoms with E-state index in [4.69, 9.17) is 4.74 Å². The van der Waals surface area contributed by atoms with Crippen LogP contribution < -0.4 is 4.72 Å². The molecule has 1 aromatic rings. The van der Waals surface area contributed by atoms with Crippen molar-refractivity contribution in [3.63, 3.8) is 0 Å². The van der Waals surface area contributed by atoms with Crippen LogP contribution in [0.25, 0.3) is 0 Å². The van der Waals surface area contributed by atoms with Crippen molar-refractivity contribution in [2.45, 2.75) is 57.7 Å². The smallest absolute Gasteiger partial charge is 0.214 e. The molecule has 1 saturated carbocycles. The highest BCUT2D eigenvalue weighted by molar-refractivity contribution is 7.89. The molecule has 1 fully saturated rings. The topological polar surface area (TPSA) is 73.2 Å². The SMILES string of the molecule is CC(C)OCCS(=O)(=O)N[C@H]1CCCC[C@@H]1n1cccn1. The maximum absolute atomic E-state index is 12.2. The van der Waals surface area contributed by atoms with E-state index in [0.717, 1.165) is 25.7 Å². The summed E-state index contributed by atoms with van der Waals surface area (Å²) in [6, 6.07) is 1.90. The second-order valence-electron chi connectivity index (χ2n) is 5.80. The maximum Gasteiger partial charge on any atom is 0.214 e. The molecule has 0 spiro atoms. The molecule has 1 aliphatic rings. The van der Waals surface area contributed by atoms with Gasteiger partial charge >= 0.3 is 0 Å². The van der Waals surface area contributed by atoms with Crippen molar-refractivity contribution in [2.24, 2.45) is 0 Å². The standard InChI is InChI=1S/C14H25N3O3S/c1-12(2)20-10-11-21(18,19)16-13-6-3-4-7-14(13)17-9-5-8-15-17/h5,8-9,12-14,16H,3-4,6-7,10-11H2,1-2H3/t13-,14-/m0/s1. The molecular weight excluding hydrogens is 290 g/mol. The van der Waals surface area contributed by atoms with Crippen LogP contribution in [-0.2, 0) is 14.8 Å². The predicted octanol–water partition coefficient (Wildman–Crippen LogP) is 1.71. The van der Waals surface area contributed by atoms with Gasteiger partial charge in [-0.25, -0.2) is 13.1 Å². The third kappa shape index (κ3) is 5.09. The molecule has 21 heavy (non-hydrogen) atoms. The van der Waals surface area contributed by atoms with Crippen molar-refractivity contribution >= 4 is 10.0 Å². The first-order chi connectivity index (χ1) is 9.98. The highest BCUT2D eigenvalue weighted by Gasteiger charge is 2.30. The van der Waals surface area contributed by atoms with Crippen LogP contribution in [0.4, 0.5) is 0 Å². The Kier molecular flexibility index (Phi) is 5.78. The maximum atomic E-state index is 12.2. The first-order valence-electron chi connectivity index (χ1n) is 7.58. The fourth-order valence-corrected chi connectivity index (χ4v) is 3.89. The van der Waals surface area contributed by atoms with Gasteiger partial charge in [-0.1, -0.05) is 12.8 Å². The Morgan fingerprint density at radius 3 is 2.81 bits per heavy atom. The lowest BCUT2D eigenvalue weighted by Gasteiger charge is -2.32. The Morgan fingerprint density at radius 2 is 2.14 bits per heavy atom. The monoisotopic (exact) mass is 315 g/mol. The molecule has 0 bridgehead atoms. The summed E-state index contributed by atoms with van der Waals surface area (Å²) >= 11 is 0. The third-order valence-electron chi connectivity index (χ3n) is 3.73. The lowest BCUT2D eigenvalue weighted by molar-refractivity contribution is 0.0910. The van der Waals surface area contributed by atoms with E-state index >= 15 is 0 Å². The first kappa shape index (κ1) is 16.5. The number of rotatable bonds is 7. The van der Waals surface area contributed by atoms with E-state index in [-0.39, 0.29) is 30.5 Å². The lowest BCUT2D eigenvalue weighted by Crippen LogP contribution is -2.44. The van der Waals surface area contributed by atoms with Crippen molar-refractivity contribution in [1.29, 1.82) is 0 Å². The van der Waals surface area contributed by atoms with Crippen molar-refractivity contribution in [1.82, 2.24) is 14.5 Å². The van der Waals surface area contributed by atoms with E-state index in [1.54, 1.807) is 6.20 Å². The van der Waals surface area contributed by atoms with Gasteiger partial charge in [0, 0.05) is 18.4 Å². The summed E-state index contributed by atoms with van der Waals surface area (Å²) in [7, 11) is -3.32. The fourth-order valence-electron chi connectivity index (χ4n) is 2.73. The number of nitrogens with one attached hydrogen (secondary N) is 1. The highest BCUT2D eigenvalue weighted by Crippen LogP contribution is 2.28. The van der Waals surface area contributed by atoms with Gasteiger partial charge in [0.05, 0.1) is 24.5 Å². The molecular formula is C14H25N3O3S. The molecule has 6 nitrogen and oxygen atoms in total. The molecule has 0 saturated heterocycles. The first-order valence-corrected chi connectivity index (χ1v) is 9.24. The summed E-state index contributed by atoms with van der Waals surface area (Å²) in [5.41, 5.74) is 0. The average molecular weight is 315 g/mol. The van der Waals surface area contributed by atoms with Crippen LogP contribution in [-0.4, -0.2) is 42.7 Å². The summed E-state index contributed by atoms with van der Waals surface area (Å²) in [6.45, 7) is 4.02. The van der Waals surface area contributed by atoms with Gasteiger partial charge in [-0.15, -0.1) is 0 Å². The van der Waals surface area contributed by atoms with Crippen LogP contribution >= 0.6 is 0 Å². The van der Waals surface area contributed by atoms with Crippen LogP contribution in [0.15, 0.2) is 18.5 Å². The van der Waals surface area contributed by atoms with Gasteiger partial charge in [-0.3, -0.25) is 4.68 Å². The molecule has 0 aliphatic heterocycles. The molecule has 0 aromatic carbocycles. The van der Waals surface area contributed by atoms with Crippen LogP contribution in [0, 0.1) is 0 Å². The zero-order chi connectivity index (χ0) is 15.3. The van der Waals surface area contributed by atoms with Gasteiger partial charge in [0.15, 0.2) is 0 Å². The molecule has 7 heteroatoms. The Bertz CT molecular complexity index is 514. The van der Waals surface area contributed by atoms with Gasteiger partial charge < -0.3 is 4.74 Å². The van der Waals surface area contributed by atoms with Gasteiger partial charge in [0.1, 0.15) is 0 Å². The Labute approximate surface area is 126 Å². The Balaban J connectivity index is 1.95. The number of nitrogens with zero attached hydrogens (tertiary/aromatic N) is 2. The molecule has 0 radical (unpaired) electrons. The van der Waals surface area contributed by atoms with Gasteiger partial charge in [-0.2, -0.15) is 5.10 Å². The zero-order valence-corrected chi connectivity index (χ0v) is 13.6. The van der Waals surface area contributed by atoms with Crippen LogP contribution in [0.3, 0.4) is 0 Å². The summed E-state index contributed by atoms with van der Waals surface area (Å²) in [6.07, 6.45) is 7.65. The molecule has 1 aliphatic carbocycles. The number of aromatic nitrogens is 2. The van der Waals surface area contributed by atoms with Crippen LogP contribution in [0.2, 0.25) is 0 Å². The van der Waals surface area contributed by atoms with E-state index in [2.05, 4.69) is 9.82 Å². The normalized spacial score (nSPS) is 23.6. The average Bonchev–Trinajstić information content (AvgIpc) is 2.91. The second-order valence-corrected chi connectivity index (χ2v) is 7.67. The Morgan fingerprint density at radius 1 is 1.38 bits per heavy atom. The van der Waals surface area contributed by atoms with Crippen LogP contribution in [0.1, 0.15) is 45.6 Å². The van der Waals surface area contributed by atoms with E-state index < -0.39 is 10.0 Å². The minimum absolute atomic E-state index is 0.00745. The summed E-state index contributed by atoms with van der Waals surface area (Å²) in [4.78, 5) is 0. The summed E-state index contributed by atoms with van der Waals surface area (Å²) in [5.74, 6) is 0.00745. The van der Waals surface area contributed by atoms with E-state index in [0.29, 0.717) is 0 Å². The zero-order valence-electron chi connectivity index (χ0n) is 12.7. The van der Waals surface area contributed by atoms with Crippen molar-refractivity contribution < 1.29 is 13.2 Å². The Hall–Kier alpha value is -0.920. The summed E-state index contributed by atoms with van der Waals surface area (Å²) in [5, 5.41) is 4.26. The fraction of sp³-hybridized carbons (Fsp3) is 0.786. The quantitative estimate of drug-likeness (QED) is 0.831. The van der Waals surface area contributed by atoms with E-state index in [1.807, 2.05) is 30.8 Å².